The Balaban J connectivity index is 2.54. The Morgan fingerprint density at radius 1 is 1.50 bits per heavy atom. The van der Waals surface area contributed by atoms with Gasteiger partial charge in [-0.1, -0.05) is 6.07 Å². The Hall–Kier alpha value is -1.46. The number of aryl methyl sites for hydroxylation is 1. The van der Waals surface area contributed by atoms with Crippen molar-refractivity contribution >= 4 is 11.0 Å². The highest BCUT2D eigenvalue weighted by Crippen LogP contribution is 2.21. The average molecular weight is 251 g/mol. The van der Waals surface area contributed by atoms with Crippen LogP contribution in [0.2, 0.25) is 0 Å². The van der Waals surface area contributed by atoms with Crippen LogP contribution in [0.4, 0.5) is 4.39 Å². The van der Waals surface area contributed by atoms with Gasteiger partial charge in [-0.05, 0) is 26.0 Å². The van der Waals surface area contributed by atoms with Crippen molar-refractivity contribution in [2.24, 2.45) is 5.73 Å². The van der Waals surface area contributed by atoms with E-state index < -0.39 is 5.60 Å². The predicted octanol–water partition coefficient (Wildman–Crippen LogP) is 1.45. The minimum absolute atomic E-state index is 0.141. The lowest BCUT2D eigenvalue weighted by Gasteiger charge is -2.20. The number of hydrogen-bond donors (Lipinski definition) is 2. The number of para-hydroxylation sites is 1. The molecule has 1 aromatic carbocycles. The van der Waals surface area contributed by atoms with Gasteiger partial charge in [0.2, 0.25) is 0 Å². The molecule has 0 spiro atoms. The summed E-state index contributed by atoms with van der Waals surface area (Å²) in [6, 6.07) is 4.88. The zero-order valence-corrected chi connectivity index (χ0v) is 10.7. The van der Waals surface area contributed by atoms with Crippen LogP contribution in [0.3, 0.4) is 0 Å². The molecule has 18 heavy (non-hydrogen) atoms. The summed E-state index contributed by atoms with van der Waals surface area (Å²) in [7, 11) is 0. The number of rotatable bonds is 4. The second-order valence-electron chi connectivity index (χ2n) is 4.76. The molecule has 3 N–H and O–H groups in total. The van der Waals surface area contributed by atoms with Gasteiger partial charge in [-0.3, -0.25) is 0 Å². The molecule has 0 radical (unpaired) electrons. The number of aromatic nitrogens is 2. The number of benzene rings is 1. The van der Waals surface area contributed by atoms with E-state index in [-0.39, 0.29) is 12.4 Å². The Morgan fingerprint density at radius 3 is 2.83 bits per heavy atom. The van der Waals surface area contributed by atoms with Gasteiger partial charge in [0.15, 0.2) is 5.82 Å². The Morgan fingerprint density at radius 2 is 2.22 bits per heavy atom. The largest absolute Gasteiger partial charge is 0.388 e. The molecule has 1 aromatic heterocycles. The van der Waals surface area contributed by atoms with Crippen LogP contribution in [0.5, 0.6) is 0 Å². The fraction of sp³-hybridized carbons (Fsp3) is 0.462. The molecule has 0 amide bonds. The number of nitrogens with two attached hydrogens (primary N) is 1. The summed E-state index contributed by atoms with van der Waals surface area (Å²) in [6.07, 6.45) is 0.311. The van der Waals surface area contributed by atoms with Crippen LogP contribution in [-0.2, 0) is 13.0 Å². The number of imidazole rings is 1. The molecule has 0 aliphatic carbocycles. The van der Waals surface area contributed by atoms with Crippen molar-refractivity contribution in [1.29, 1.82) is 0 Å². The maximum Gasteiger partial charge on any atom is 0.151 e. The van der Waals surface area contributed by atoms with Crippen LogP contribution in [0.15, 0.2) is 18.2 Å². The summed E-state index contributed by atoms with van der Waals surface area (Å²) in [5, 5.41) is 10.0. The van der Waals surface area contributed by atoms with Crippen LogP contribution in [0.1, 0.15) is 19.7 Å². The quantitative estimate of drug-likeness (QED) is 0.864. The molecule has 2 rings (SSSR count). The number of hydrogen-bond acceptors (Lipinski definition) is 3. The maximum atomic E-state index is 13.7. The summed E-state index contributed by atoms with van der Waals surface area (Å²) < 4.78 is 15.6. The van der Waals surface area contributed by atoms with Crippen molar-refractivity contribution in [3.63, 3.8) is 0 Å². The SMILES string of the molecule is CCn1c(CC(C)(O)CN)nc2c(F)cccc21. The van der Waals surface area contributed by atoms with Gasteiger partial charge in [-0.25, -0.2) is 9.37 Å². The third kappa shape index (κ3) is 2.23. The number of halogens is 1. The van der Waals surface area contributed by atoms with E-state index in [1.165, 1.54) is 6.07 Å². The van der Waals surface area contributed by atoms with Gasteiger partial charge in [0.1, 0.15) is 11.3 Å². The predicted molar refractivity (Wildman–Crippen MR) is 68.7 cm³/mol. The molecule has 1 heterocycles. The summed E-state index contributed by atoms with van der Waals surface area (Å²) in [6.45, 7) is 4.44. The lowest BCUT2D eigenvalue weighted by Crippen LogP contribution is -2.37. The molecule has 0 aliphatic heterocycles. The molecule has 0 aliphatic rings. The van der Waals surface area contributed by atoms with Gasteiger partial charge in [-0.15, -0.1) is 0 Å². The van der Waals surface area contributed by atoms with Crippen molar-refractivity contribution < 1.29 is 9.50 Å². The first-order chi connectivity index (χ1) is 8.48. The molecule has 1 atom stereocenters. The minimum Gasteiger partial charge on any atom is -0.388 e. The van der Waals surface area contributed by atoms with Gasteiger partial charge in [0.25, 0.3) is 0 Å². The highest BCUT2D eigenvalue weighted by molar-refractivity contribution is 5.76. The highest BCUT2D eigenvalue weighted by Gasteiger charge is 2.23. The fourth-order valence-electron chi connectivity index (χ4n) is 2.06. The van der Waals surface area contributed by atoms with Crippen LogP contribution in [0, 0.1) is 5.82 Å². The molecule has 0 saturated carbocycles. The van der Waals surface area contributed by atoms with Crippen LogP contribution in [0.25, 0.3) is 11.0 Å². The summed E-state index contributed by atoms with van der Waals surface area (Å²) in [5.74, 6) is 0.321. The molecule has 98 valence electrons. The standard InChI is InChI=1S/C13H18FN3O/c1-3-17-10-6-4-5-9(14)12(10)16-11(17)7-13(2,18)8-15/h4-6,18H,3,7-8,15H2,1-2H3. The molecular weight excluding hydrogens is 233 g/mol. The van der Waals surface area contributed by atoms with E-state index in [4.69, 9.17) is 5.73 Å². The van der Waals surface area contributed by atoms with Gasteiger partial charge < -0.3 is 15.4 Å². The Kier molecular flexibility index (Phi) is 3.36. The molecule has 0 saturated heterocycles. The molecular formula is C13H18FN3O. The number of fused-ring (bicyclic) bond motifs is 1. The second kappa shape index (κ2) is 4.66. The van der Waals surface area contributed by atoms with Gasteiger partial charge >= 0.3 is 0 Å². The lowest BCUT2D eigenvalue weighted by atomic mass is 10.0. The number of aliphatic hydroxyl groups is 1. The Bertz CT molecular complexity index is 563. The first-order valence-corrected chi connectivity index (χ1v) is 6.04. The van der Waals surface area contributed by atoms with Crippen molar-refractivity contribution in [3.8, 4) is 0 Å². The number of nitrogens with zero attached hydrogens (tertiary/aromatic N) is 2. The zero-order valence-electron chi connectivity index (χ0n) is 10.7. The van der Waals surface area contributed by atoms with Crippen LogP contribution in [-0.4, -0.2) is 26.8 Å². The average Bonchev–Trinajstić information content (AvgIpc) is 2.67. The van der Waals surface area contributed by atoms with Gasteiger partial charge in [0, 0.05) is 19.5 Å². The third-order valence-electron chi connectivity index (χ3n) is 3.10. The summed E-state index contributed by atoms with van der Waals surface area (Å²) >= 11 is 0. The maximum absolute atomic E-state index is 13.7. The normalized spacial score (nSPS) is 14.9. The van der Waals surface area contributed by atoms with Gasteiger partial charge in [0.05, 0.1) is 11.1 Å². The highest BCUT2D eigenvalue weighted by atomic mass is 19.1. The summed E-state index contributed by atoms with van der Waals surface area (Å²) in [5.41, 5.74) is 5.59. The topological polar surface area (TPSA) is 64.1 Å². The van der Waals surface area contributed by atoms with E-state index in [1.807, 2.05) is 17.6 Å². The van der Waals surface area contributed by atoms with Crippen LogP contribution >= 0.6 is 0 Å². The monoisotopic (exact) mass is 251 g/mol. The smallest absolute Gasteiger partial charge is 0.151 e. The Labute approximate surface area is 105 Å². The van der Waals surface area contributed by atoms with E-state index in [2.05, 4.69) is 4.98 Å². The third-order valence-corrected chi connectivity index (χ3v) is 3.10. The molecule has 0 fully saturated rings. The van der Waals surface area contributed by atoms with Crippen molar-refractivity contribution in [2.75, 3.05) is 6.54 Å². The van der Waals surface area contributed by atoms with E-state index in [1.54, 1.807) is 13.0 Å². The minimum atomic E-state index is -1.02. The summed E-state index contributed by atoms with van der Waals surface area (Å²) in [4.78, 5) is 4.29. The lowest BCUT2D eigenvalue weighted by molar-refractivity contribution is 0.0668. The molecule has 1 unspecified atom stereocenters. The molecule has 4 nitrogen and oxygen atoms in total. The van der Waals surface area contributed by atoms with E-state index in [9.17, 15) is 9.50 Å². The zero-order chi connectivity index (χ0) is 13.3. The van der Waals surface area contributed by atoms with Crippen molar-refractivity contribution in [3.05, 3.63) is 29.8 Å². The van der Waals surface area contributed by atoms with E-state index in [0.717, 1.165) is 5.52 Å². The van der Waals surface area contributed by atoms with Crippen molar-refractivity contribution in [2.45, 2.75) is 32.4 Å². The molecule has 0 bridgehead atoms. The fourth-order valence-corrected chi connectivity index (χ4v) is 2.06. The molecule has 2 aromatic rings. The van der Waals surface area contributed by atoms with Gasteiger partial charge in [-0.2, -0.15) is 0 Å². The van der Waals surface area contributed by atoms with Crippen molar-refractivity contribution in [1.82, 2.24) is 9.55 Å². The van der Waals surface area contributed by atoms with E-state index in [0.29, 0.717) is 24.3 Å². The second-order valence-corrected chi connectivity index (χ2v) is 4.76. The molecule has 5 heteroatoms. The first-order valence-electron chi connectivity index (χ1n) is 6.04. The van der Waals surface area contributed by atoms with E-state index >= 15 is 0 Å². The first kappa shape index (κ1) is 13.0. The van der Waals surface area contributed by atoms with Crippen LogP contribution < -0.4 is 5.73 Å².